The predicted molar refractivity (Wildman–Crippen MR) is 33.8 cm³/mol. The quantitative estimate of drug-likeness (QED) is 0.535. The maximum absolute atomic E-state index is 4.00. The standard InChI is InChI=1S/C4H5Te2/c1-6-3-2-5-4-6/h2-4H,1H2. The Morgan fingerprint density at radius 2 is 2.50 bits per heavy atom. The molecule has 0 saturated heterocycles. The zero-order valence-electron chi connectivity index (χ0n) is 3.26. The molecule has 1 aliphatic rings. The van der Waals surface area contributed by atoms with E-state index < -0.39 is 19.1 Å². The second-order valence-electron chi connectivity index (χ2n) is 0.974. The predicted octanol–water partition coefficient (Wildman–Crippen LogP) is -0.393. The van der Waals surface area contributed by atoms with Gasteiger partial charge in [0.2, 0.25) is 0 Å². The second-order valence-corrected chi connectivity index (χ2v) is 10.2. The summed E-state index contributed by atoms with van der Waals surface area (Å²) in [6.45, 7) is 0. The molecule has 0 aliphatic carbocycles. The van der Waals surface area contributed by atoms with Gasteiger partial charge in [0.15, 0.2) is 0 Å². The van der Waals surface area contributed by atoms with Crippen LogP contribution in [-0.2, 0) is 0 Å². The first-order chi connectivity index (χ1) is 2.89. The molecular formula is C4H5Te2. The van der Waals surface area contributed by atoms with Crippen molar-refractivity contribution in [1.29, 1.82) is 0 Å². The summed E-state index contributed by atoms with van der Waals surface area (Å²) in [7, 11) is 0. The van der Waals surface area contributed by atoms with Crippen LogP contribution in [0.4, 0.5) is 0 Å². The van der Waals surface area contributed by atoms with Crippen LogP contribution in [0.2, 0.25) is 0 Å². The molecule has 33 valence electrons. The Kier molecular flexibility index (Phi) is 2.07. The first kappa shape index (κ1) is 5.20. The molecule has 0 nitrogen and oxygen atoms in total. The van der Waals surface area contributed by atoms with Gasteiger partial charge < -0.3 is 0 Å². The molecule has 0 amide bonds. The van der Waals surface area contributed by atoms with Crippen LogP contribution in [0.5, 0.6) is 0 Å². The van der Waals surface area contributed by atoms with E-state index in [0.717, 1.165) is 0 Å². The Morgan fingerprint density at radius 1 is 1.67 bits per heavy atom. The fourth-order valence-corrected chi connectivity index (χ4v) is 10.8. The van der Waals surface area contributed by atoms with Gasteiger partial charge >= 0.3 is 54.4 Å². The zero-order valence-corrected chi connectivity index (χ0v) is 7.92. The van der Waals surface area contributed by atoms with Crippen molar-refractivity contribution in [3.8, 4) is 0 Å². The zero-order chi connectivity index (χ0) is 4.41. The van der Waals surface area contributed by atoms with E-state index in [1.54, 1.807) is 0 Å². The summed E-state index contributed by atoms with van der Waals surface area (Å²) in [5.41, 5.74) is 0. The van der Waals surface area contributed by atoms with Crippen LogP contribution in [0.15, 0.2) is 8.25 Å². The van der Waals surface area contributed by atoms with Gasteiger partial charge in [-0.05, 0) is 0 Å². The van der Waals surface area contributed by atoms with Gasteiger partial charge in [-0.2, -0.15) is 0 Å². The molecule has 6 heavy (non-hydrogen) atoms. The maximum atomic E-state index is 4.00. The van der Waals surface area contributed by atoms with Crippen molar-refractivity contribution in [3.05, 3.63) is 8.25 Å². The van der Waals surface area contributed by atoms with Gasteiger partial charge in [-0.3, -0.25) is 0 Å². The molecule has 0 atom stereocenters. The Labute approximate surface area is 53.9 Å². The third-order valence-corrected chi connectivity index (χ3v) is 12.3. The average Bonchev–Trinajstić information content (AvgIpc) is 1.86. The van der Waals surface area contributed by atoms with Gasteiger partial charge in [0.25, 0.3) is 0 Å². The van der Waals surface area contributed by atoms with Gasteiger partial charge in [0.1, 0.15) is 0 Å². The van der Waals surface area contributed by atoms with E-state index in [0.29, 0.717) is 0 Å². The summed E-state index contributed by atoms with van der Waals surface area (Å²) >= 11 is -0.526. The number of hydrogen-bond donors (Lipinski definition) is 0. The van der Waals surface area contributed by atoms with E-state index in [1.165, 1.54) is 0 Å². The van der Waals surface area contributed by atoms with Crippen LogP contribution >= 0.6 is 0 Å². The SMILES string of the molecule is C=[Te]1C=C[Te]=C1. The van der Waals surface area contributed by atoms with E-state index in [-0.39, 0.29) is 20.5 Å². The summed E-state index contributed by atoms with van der Waals surface area (Å²) < 4.78 is 11.2. The van der Waals surface area contributed by atoms with Gasteiger partial charge in [-0.15, -0.1) is 0 Å². The molecule has 0 bridgehead atoms. The second kappa shape index (κ2) is 2.39. The molecule has 0 unspecified atom stereocenters. The molecule has 0 N–H and O–H groups in total. The average molecular weight is 308 g/mol. The minimum atomic E-state index is -0.793. The third kappa shape index (κ3) is 1.28. The van der Waals surface area contributed by atoms with Crippen LogP contribution < -0.4 is 0 Å². The van der Waals surface area contributed by atoms with Crippen molar-refractivity contribution in [2.45, 2.75) is 0 Å². The number of rotatable bonds is 0. The third-order valence-electron chi connectivity index (χ3n) is 0.488. The molecule has 0 aromatic carbocycles. The van der Waals surface area contributed by atoms with E-state index in [4.69, 9.17) is 0 Å². The summed E-state index contributed by atoms with van der Waals surface area (Å²) in [6.07, 6.45) is 0. The molecule has 0 saturated carbocycles. The fraction of sp³-hybridized carbons (Fsp3) is 0. The molecule has 1 heterocycles. The van der Waals surface area contributed by atoms with Gasteiger partial charge in [0, 0.05) is 0 Å². The minimum absolute atomic E-state index is 0.267. The van der Waals surface area contributed by atoms with Crippen molar-refractivity contribution >= 4 is 46.2 Å². The van der Waals surface area contributed by atoms with E-state index in [1.807, 2.05) is 0 Å². The molecular weight excluding hydrogens is 303 g/mol. The van der Waals surface area contributed by atoms with Crippen LogP contribution in [0.1, 0.15) is 0 Å². The first-order valence-electron chi connectivity index (χ1n) is 1.56. The summed E-state index contributed by atoms with van der Waals surface area (Å²) in [5.74, 6) is 0. The van der Waals surface area contributed by atoms with Crippen molar-refractivity contribution < 1.29 is 0 Å². The van der Waals surface area contributed by atoms with Gasteiger partial charge in [-0.25, -0.2) is 0 Å². The van der Waals surface area contributed by atoms with E-state index in [9.17, 15) is 0 Å². The Bertz CT molecular complexity index is 108. The van der Waals surface area contributed by atoms with Gasteiger partial charge in [-0.1, -0.05) is 0 Å². The van der Waals surface area contributed by atoms with Crippen molar-refractivity contribution in [2.75, 3.05) is 0 Å². The Hall–Kier alpha value is 1.06. The summed E-state index contributed by atoms with van der Waals surface area (Å²) in [4.78, 5) is 0. The van der Waals surface area contributed by atoms with Crippen LogP contribution in [-0.4, -0.2) is 46.2 Å². The van der Waals surface area contributed by atoms with Crippen LogP contribution in [0, 0.1) is 0 Å². The van der Waals surface area contributed by atoms with E-state index in [2.05, 4.69) is 14.9 Å². The van der Waals surface area contributed by atoms with Crippen molar-refractivity contribution in [2.24, 2.45) is 0 Å². The van der Waals surface area contributed by atoms with E-state index >= 15 is 0 Å². The van der Waals surface area contributed by atoms with Crippen LogP contribution in [0.3, 0.4) is 0 Å². The Morgan fingerprint density at radius 3 is 2.67 bits per heavy atom. The molecule has 1 radical (unpaired) electrons. The molecule has 0 aromatic heterocycles. The summed E-state index contributed by atoms with van der Waals surface area (Å²) in [6, 6.07) is 0. The number of hydrogen-bond acceptors (Lipinski definition) is 0. The first-order valence-corrected chi connectivity index (χ1v) is 8.59. The molecule has 0 aromatic rings. The molecule has 0 fully saturated rings. The molecule has 0 spiro atoms. The van der Waals surface area contributed by atoms with Crippen LogP contribution in [0.25, 0.3) is 0 Å². The van der Waals surface area contributed by atoms with Crippen molar-refractivity contribution in [3.63, 3.8) is 0 Å². The van der Waals surface area contributed by atoms with Gasteiger partial charge in [0.05, 0.1) is 0 Å². The fourth-order valence-electron chi connectivity index (χ4n) is 0.239. The Balaban J connectivity index is 2.86. The normalized spacial score (nSPS) is 20.0. The molecule has 1 aliphatic heterocycles. The topological polar surface area (TPSA) is 0 Å². The monoisotopic (exact) mass is 313 g/mol. The van der Waals surface area contributed by atoms with Crippen molar-refractivity contribution in [1.82, 2.24) is 0 Å². The summed E-state index contributed by atoms with van der Waals surface area (Å²) in [5, 5.41) is 0. The molecule has 1 rings (SSSR count). The molecule has 2 heteroatoms.